The van der Waals surface area contributed by atoms with E-state index in [9.17, 15) is 9.90 Å². The lowest BCUT2D eigenvalue weighted by molar-refractivity contribution is 0.0364. The van der Waals surface area contributed by atoms with Gasteiger partial charge in [-0.1, -0.05) is 12.8 Å². The fourth-order valence-corrected chi connectivity index (χ4v) is 5.72. The fraction of sp³-hybridized carbons (Fsp3) is 0.519. The molecule has 0 radical (unpaired) electrons. The normalized spacial score (nSPS) is 22.1. The molecule has 0 bridgehead atoms. The molecule has 1 N–H and O–H groups in total. The first-order valence-corrected chi connectivity index (χ1v) is 12.1. The third kappa shape index (κ3) is 4.34. The Morgan fingerprint density at radius 3 is 2.48 bits per heavy atom. The van der Waals surface area contributed by atoms with Gasteiger partial charge in [0, 0.05) is 30.1 Å². The Morgan fingerprint density at radius 1 is 1.15 bits per heavy atom. The largest absolute Gasteiger partial charge is 0.491 e. The van der Waals surface area contributed by atoms with E-state index in [0.717, 1.165) is 30.9 Å². The number of aliphatic hydroxyl groups is 1. The predicted octanol–water partition coefficient (Wildman–Crippen LogP) is 4.29. The van der Waals surface area contributed by atoms with Crippen LogP contribution in [0.2, 0.25) is 0 Å². The van der Waals surface area contributed by atoms with Crippen molar-refractivity contribution in [3.05, 3.63) is 53.1 Å². The molecule has 2 aliphatic heterocycles. The summed E-state index contributed by atoms with van der Waals surface area (Å²) in [6.45, 7) is 6.63. The molecule has 0 amide bonds. The van der Waals surface area contributed by atoms with E-state index in [1.54, 1.807) is 31.2 Å². The number of aliphatic hydroxyl groups excluding tert-OH is 1. The highest BCUT2D eigenvalue weighted by Crippen LogP contribution is 2.51. The summed E-state index contributed by atoms with van der Waals surface area (Å²) in [5, 5.41) is 10.8. The Morgan fingerprint density at radius 2 is 1.82 bits per heavy atom. The van der Waals surface area contributed by atoms with Crippen LogP contribution < -0.4 is 14.2 Å². The van der Waals surface area contributed by atoms with Crippen molar-refractivity contribution in [3.63, 3.8) is 0 Å². The van der Waals surface area contributed by atoms with Gasteiger partial charge >= 0.3 is 0 Å². The van der Waals surface area contributed by atoms with Crippen molar-refractivity contribution in [2.75, 3.05) is 32.9 Å². The first kappa shape index (κ1) is 22.2. The smallest absolute Gasteiger partial charge is 0.161 e. The molecule has 1 fully saturated rings. The molecular weight excluding hydrogens is 418 g/mol. The van der Waals surface area contributed by atoms with E-state index in [0.29, 0.717) is 31.1 Å². The average Bonchev–Trinajstić information content (AvgIpc) is 3.29. The van der Waals surface area contributed by atoms with E-state index in [2.05, 4.69) is 24.0 Å². The van der Waals surface area contributed by atoms with Crippen molar-refractivity contribution in [2.24, 2.45) is 0 Å². The van der Waals surface area contributed by atoms with Gasteiger partial charge in [0.2, 0.25) is 0 Å². The second-order valence-corrected chi connectivity index (χ2v) is 9.72. The summed E-state index contributed by atoms with van der Waals surface area (Å²) in [6.07, 6.45) is 4.18. The minimum absolute atomic E-state index is 0.0278. The number of carbonyl (C=O) groups excluding carboxylic acids is 1. The predicted molar refractivity (Wildman–Crippen MR) is 126 cm³/mol. The van der Waals surface area contributed by atoms with Crippen molar-refractivity contribution in [1.29, 1.82) is 0 Å². The molecule has 6 heteroatoms. The van der Waals surface area contributed by atoms with Crippen molar-refractivity contribution < 1.29 is 24.1 Å². The minimum atomic E-state index is -0.614. The second kappa shape index (κ2) is 8.99. The van der Waals surface area contributed by atoms with Crippen LogP contribution >= 0.6 is 0 Å². The zero-order valence-corrected chi connectivity index (χ0v) is 19.5. The molecular formula is C27H33NO5. The van der Waals surface area contributed by atoms with Gasteiger partial charge in [0.25, 0.3) is 0 Å². The third-order valence-electron chi connectivity index (χ3n) is 7.50. The number of rotatable bonds is 6. The number of hydrogen-bond donors (Lipinski definition) is 1. The lowest BCUT2D eigenvalue weighted by Gasteiger charge is -2.47. The number of ketones is 1. The van der Waals surface area contributed by atoms with Crippen molar-refractivity contribution in [1.82, 2.24) is 4.90 Å². The molecule has 1 saturated carbocycles. The van der Waals surface area contributed by atoms with Crippen LogP contribution in [0, 0.1) is 0 Å². The van der Waals surface area contributed by atoms with Crippen LogP contribution in [0.5, 0.6) is 17.2 Å². The van der Waals surface area contributed by atoms with Crippen molar-refractivity contribution in [3.8, 4) is 17.2 Å². The maximum Gasteiger partial charge on any atom is 0.161 e. The van der Waals surface area contributed by atoms with Crippen LogP contribution in [0.15, 0.2) is 36.4 Å². The number of Topliss-reactive ketones (excluding diaryl/α,β-unsaturated/α-hetero) is 1. The molecule has 33 heavy (non-hydrogen) atoms. The summed E-state index contributed by atoms with van der Waals surface area (Å²) in [7, 11) is 0. The van der Waals surface area contributed by atoms with Crippen LogP contribution in [0.1, 0.15) is 67.1 Å². The summed E-state index contributed by atoms with van der Waals surface area (Å²) in [4.78, 5) is 13.8. The standard InChI is InChI=1S/C27H33NO5/c1-18-23-13-25-26(32-12-11-31-25)14-24(23)27(9-3-4-10-27)17-28(18)15-21(30)16-33-22-7-5-20(6-8-22)19(2)29/h5-8,13-14,18,21,30H,3-4,9-12,15-17H2,1-2H3. The van der Waals surface area contributed by atoms with E-state index >= 15 is 0 Å². The summed E-state index contributed by atoms with van der Waals surface area (Å²) in [5.74, 6) is 2.39. The topological polar surface area (TPSA) is 68.2 Å². The number of carbonyl (C=O) groups is 1. The quantitative estimate of drug-likeness (QED) is 0.661. The maximum atomic E-state index is 11.4. The van der Waals surface area contributed by atoms with Gasteiger partial charge in [-0.25, -0.2) is 0 Å². The summed E-state index contributed by atoms with van der Waals surface area (Å²) < 4.78 is 17.6. The summed E-state index contributed by atoms with van der Waals surface area (Å²) in [5.41, 5.74) is 3.47. The van der Waals surface area contributed by atoms with Crippen molar-refractivity contribution >= 4 is 5.78 Å². The second-order valence-electron chi connectivity index (χ2n) is 9.72. The van der Waals surface area contributed by atoms with Crippen LogP contribution in [-0.2, 0) is 5.41 Å². The average molecular weight is 452 g/mol. The lowest BCUT2D eigenvalue weighted by atomic mass is 9.71. The molecule has 176 valence electrons. The number of ether oxygens (including phenoxy) is 3. The van der Waals surface area contributed by atoms with E-state index in [1.807, 2.05) is 0 Å². The maximum absolute atomic E-state index is 11.4. The third-order valence-corrected chi connectivity index (χ3v) is 7.50. The molecule has 0 aromatic heterocycles. The minimum Gasteiger partial charge on any atom is -0.491 e. The molecule has 1 spiro atoms. The number of nitrogens with zero attached hydrogens (tertiary/aromatic N) is 1. The van der Waals surface area contributed by atoms with Crippen LogP contribution in [0.25, 0.3) is 0 Å². The van der Waals surface area contributed by atoms with E-state index < -0.39 is 6.10 Å². The molecule has 6 nitrogen and oxygen atoms in total. The highest BCUT2D eigenvalue weighted by Gasteiger charge is 2.45. The number of hydrogen-bond acceptors (Lipinski definition) is 6. The molecule has 2 atom stereocenters. The molecule has 1 aliphatic carbocycles. The Kier molecular flexibility index (Phi) is 6.06. The molecule has 2 aromatic carbocycles. The Balaban J connectivity index is 1.31. The SMILES string of the molecule is CC(=O)c1ccc(OCC(O)CN2CC3(CCCC3)c3cc4c(cc3C2C)OCCO4)cc1. The van der Waals surface area contributed by atoms with E-state index in [1.165, 1.54) is 24.0 Å². The van der Waals surface area contributed by atoms with E-state index in [-0.39, 0.29) is 23.8 Å². The van der Waals surface area contributed by atoms with Gasteiger partial charge in [-0.05, 0) is 74.2 Å². The summed E-state index contributed by atoms with van der Waals surface area (Å²) in [6, 6.07) is 11.6. The van der Waals surface area contributed by atoms with Gasteiger partial charge < -0.3 is 19.3 Å². The zero-order chi connectivity index (χ0) is 23.0. The molecule has 2 heterocycles. The van der Waals surface area contributed by atoms with Gasteiger partial charge in [-0.2, -0.15) is 0 Å². The van der Waals surface area contributed by atoms with Crippen LogP contribution in [-0.4, -0.2) is 54.8 Å². The Hall–Kier alpha value is -2.57. The van der Waals surface area contributed by atoms with Crippen molar-refractivity contribution in [2.45, 2.75) is 57.1 Å². The monoisotopic (exact) mass is 451 g/mol. The van der Waals surface area contributed by atoms with Crippen LogP contribution in [0.3, 0.4) is 0 Å². The molecule has 0 saturated heterocycles. The van der Waals surface area contributed by atoms with Gasteiger partial charge in [-0.3, -0.25) is 9.69 Å². The van der Waals surface area contributed by atoms with Gasteiger partial charge in [0.1, 0.15) is 31.7 Å². The molecule has 2 unspecified atom stereocenters. The van der Waals surface area contributed by atoms with Gasteiger partial charge in [0.15, 0.2) is 17.3 Å². The fourth-order valence-electron chi connectivity index (χ4n) is 5.72. The number of fused-ring (bicyclic) bond motifs is 3. The Labute approximate surface area is 195 Å². The first-order valence-electron chi connectivity index (χ1n) is 12.1. The molecule has 2 aromatic rings. The number of β-amino-alcohol motifs (C(OH)–C–C–N with tert-alkyl or cyclic N) is 1. The Bertz CT molecular complexity index is 1010. The van der Waals surface area contributed by atoms with E-state index in [4.69, 9.17) is 14.2 Å². The molecule has 5 rings (SSSR count). The lowest BCUT2D eigenvalue weighted by Crippen LogP contribution is -2.49. The van der Waals surface area contributed by atoms with Gasteiger partial charge in [-0.15, -0.1) is 0 Å². The first-order chi connectivity index (χ1) is 15.9. The molecule has 3 aliphatic rings. The highest BCUT2D eigenvalue weighted by molar-refractivity contribution is 5.94. The summed E-state index contributed by atoms with van der Waals surface area (Å²) >= 11 is 0. The van der Waals surface area contributed by atoms with Crippen LogP contribution in [0.4, 0.5) is 0 Å². The van der Waals surface area contributed by atoms with Gasteiger partial charge in [0.05, 0.1) is 0 Å². The highest BCUT2D eigenvalue weighted by atomic mass is 16.6. The number of benzene rings is 2. The zero-order valence-electron chi connectivity index (χ0n) is 19.5.